The average molecular weight is 376 g/mol. The number of hydrogen-bond donors (Lipinski definition) is 0. The molecule has 4 rings (SSSR count). The van der Waals surface area contributed by atoms with Gasteiger partial charge >= 0.3 is 0 Å². The fraction of sp³-hybridized carbons (Fsp3) is 0.562. The summed E-state index contributed by atoms with van der Waals surface area (Å²) in [6.45, 7) is 2.59. The summed E-state index contributed by atoms with van der Waals surface area (Å²) in [5.41, 5.74) is 1.08. The molecular formula is C16H21N7S2. The van der Waals surface area contributed by atoms with E-state index in [9.17, 15) is 0 Å². The summed E-state index contributed by atoms with van der Waals surface area (Å²) in [4.78, 5) is 13.3. The number of thioether (sulfide) groups is 1. The Bertz CT molecular complexity index is 802. The molecule has 1 saturated carbocycles. The van der Waals surface area contributed by atoms with Crippen LogP contribution in [0.3, 0.4) is 0 Å². The Hall–Kier alpha value is -1.74. The number of aromatic nitrogens is 7. The van der Waals surface area contributed by atoms with Crippen LogP contribution < -0.4 is 0 Å². The van der Waals surface area contributed by atoms with Crippen LogP contribution in [-0.4, -0.2) is 34.5 Å². The predicted octanol–water partition coefficient (Wildman–Crippen LogP) is 3.48. The lowest BCUT2D eigenvalue weighted by Crippen LogP contribution is -2.17. The van der Waals surface area contributed by atoms with Crippen molar-refractivity contribution in [2.45, 2.75) is 61.7 Å². The van der Waals surface area contributed by atoms with E-state index in [0.29, 0.717) is 12.6 Å². The molecule has 0 N–H and O–H groups in total. The maximum atomic E-state index is 4.81. The van der Waals surface area contributed by atoms with E-state index in [1.165, 1.54) is 32.1 Å². The zero-order valence-electron chi connectivity index (χ0n) is 14.2. The zero-order valence-corrected chi connectivity index (χ0v) is 15.8. The van der Waals surface area contributed by atoms with Crippen molar-refractivity contribution in [3.05, 3.63) is 35.4 Å². The van der Waals surface area contributed by atoms with Gasteiger partial charge in [-0.1, -0.05) is 31.0 Å². The molecule has 7 nitrogen and oxygen atoms in total. The maximum absolute atomic E-state index is 4.81. The summed E-state index contributed by atoms with van der Waals surface area (Å²) in [5.74, 6) is 2.65. The molecule has 25 heavy (non-hydrogen) atoms. The van der Waals surface area contributed by atoms with E-state index >= 15 is 0 Å². The highest BCUT2D eigenvalue weighted by molar-refractivity contribution is 8.00. The molecule has 0 atom stereocenters. The van der Waals surface area contributed by atoms with E-state index in [0.717, 1.165) is 27.4 Å². The molecule has 1 fully saturated rings. The summed E-state index contributed by atoms with van der Waals surface area (Å²) in [5, 5.41) is 11.1. The molecule has 0 saturated heterocycles. The smallest absolute Gasteiger partial charge is 0.172 e. The van der Waals surface area contributed by atoms with Gasteiger partial charge in [0, 0.05) is 11.1 Å². The predicted molar refractivity (Wildman–Crippen MR) is 97.7 cm³/mol. The highest BCUT2D eigenvalue weighted by Gasteiger charge is 2.21. The second-order valence-electron chi connectivity index (χ2n) is 6.32. The van der Waals surface area contributed by atoms with Crippen LogP contribution in [0.2, 0.25) is 0 Å². The second-order valence-corrected chi connectivity index (χ2v) is 8.40. The first-order chi connectivity index (χ1) is 12.3. The molecule has 0 bridgehead atoms. The van der Waals surface area contributed by atoms with Gasteiger partial charge in [-0.15, -0.1) is 11.3 Å². The quantitative estimate of drug-likeness (QED) is 0.614. The summed E-state index contributed by atoms with van der Waals surface area (Å²) < 4.78 is 5.02. The Kier molecular flexibility index (Phi) is 5.12. The molecule has 9 heteroatoms. The van der Waals surface area contributed by atoms with Crippen LogP contribution in [0.1, 0.15) is 55.5 Å². The minimum atomic E-state index is 0.472. The highest BCUT2D eigenvalue weighted by atomic mass is 32.2. The van der Waals surface area contributed by atoms with Gasteiger partial charge in [-0.2, -0.15) is 10.2 Å². The molecule has 0 spiro atoms. The van der Waals surface area contributed by atoms with Gasteiger partial charge in [0.15, 0.2) is 10.2 Å². The van der Waals surface area contributed by atoms with Gasteiger partial charge < -0.3 is 0 Å². The number of rotatable bonds is 6. The normalized spacial score (nSPS) is 15.7. The Morgan fingerprint density at radius 2 is 2.12 bits per heavy atom. The van der Waals surface area contributed by atoms with E-state index < -0.39 is 0 Å². The molecule has 3 aromatic heterocycles. The fourth-order valence-corrected chi connectivity index (χ4v) is 4.94. The van der Waals surface area contributed by atoms with Crippen molar-refractivity contribution >= 4 is 23.1 Å². The Labute approximate surface area is 154 Å². The third kappa shape index (κ3) is 4.09. The minimum absolute atomic E-state index is 0.472. The first kappa shape index (κ1) is 16.7. The van der Waals surface area contributed by atoms with E-state index in [1.54, 1.807) is 40.4 Å². The van der Waals surface area contributed by atoms with Gasteiger partial charge in [0.1, 0.15) is 25.0 Å². The van der Waals surface area contributed by atoms with Crippen LogP contribution in [0.25, 0.3) is 0 Å². The Morgan fingerprint density at radius 1 is 1.24 bits per heavy atom. The molecule has 3 heterocycles. The molecule has 1 aliphatic carbocycles. The van der Waals surface area contributed by atoms with Gasteiger partial charge in [-0.3, -0.25) is 0 Å². The van der Waals surface area contributed by atoms with Gasteiger partial charge in [0.25, 0.3) is 0 Å². The SMILES string of the molecule is Cc1csc(SCc2nc(Cn3cncn3)nn2C2CCCCC2)n1. The molecule has 0 amide bonds. The first-order valence-corrected chi connectivity index (χ1v) is 10.5. The standard InChI is InChI=1S/C16H21N7S2/c1-12-8-24-16(19-12)25-9-15-20-14(7-22-11-17-10-18-22)21-23(15)13-5-3-2-4-6-13/h8,10-11,13H,2-7,9H2,1H3. The van der Waals surface area contributed by atoms with E-state index in [4.69, 9.17) is 10.1 Å². The monoisotopic (exact) mass is 375 g/mol. The lowest BCUT2D eigenvalue weighted by Gasteiger charge is -2.23. The van der Waals surface area contributed by atoms with Crippen LogP contribution in [0, 0.1) is 6.92 Å². The minimum Gasteiger partial charge on any atom is -0.246 e. The first-order valence-electron chi connectivity index (χ1n) is 8.59. The Balaban J connectivity index is 1.54. The van der Waals surface area contributed by atoms with E-state index in [-0.39, 0.29) is 0 Å². The fourth-order valence-electron chi connectivity index (χ4n) is 3.17. The molecule has 0 radical (unpaired) electrons. The third-order valence-corrected chi connectivity index (χ3v) is 6.49. The zero-order chi connectivity index (χ0) is 17.1. The van der Waals surface area contributed by atoms with Crippen LogP contribution >= 0.6 is 23.1 Å². The van der Waals surface area contributed by atoms with E-state index in [2.05, 4.69) is 25.1 Å². The van der Waals surface area contributed by atoms with Crippen molar-refractivity contribution in [3.63, 3.8) is 0 Å². The van der Waals surface area contributed by atoms with Crippen LogP contribution in [0.4, 0.5) is 0 Å². The molecule has 3 aromatic rings. The van der Waals surface area contributed by atoms with Crippen LogP contribution in [-0.2, 0) is 12.3 Å². The Morgan fingerprint density at radius 3 is 2.84 bits per heavy atom. The summed E-state index contributed by atoms with van der Waals surface area (Å²) in [6, 6.07) is 0.472. The lowest BCUT2D eigenvalue weighted by atomic mass is 9.96. The van der Waals surface area contributed by atoms with Crippen molar-refractivity contribution in [3.8, 4) is 0 Å². The topological polar surface area (TPSA) is 74.3 Å². The van der Waals surface area contributed by atoms with Crippen LogP contribution in [0.15, 0.2) is 22.4 Å². The molecule has 0 aromatic carbocycles. The van der Waals surface area contributed by atoms with Gasteiger partial charge in [-0.25, -0.2) is 24.3 Å². The molecule has 132 valence electrons. The number of nitrogens with zero attached hydrogens (tertiary/aromatic N) is 7. The van der Waals surface area contributed by atoms with Crippen molar-refractivity contribution in [1.29, 1.82) is 0 Å². The summed E-state index contributed by atoms with van der Waals surface area (Å²) in [7, 11) is 0. The van der Waals surface area contributed by atoms with Crippen LogP contribution in [0.5, 0.6) is 0 Å². The number of aryl methyl sites for hydroxylation is 1. The summed E-state index contributed by atoms with van der Waals surface area (Å²) in [6.07, 6.45) is 9.52. The van der Waals surface area contributed by atoms with Gasteiger partial charge in [-0.05, 0) is 19.8 Å². The molecule has 1 aliphatic rings. The molecule has 0 aliphatic heterocycles. The van der Waals surface area contributed by atoms with Crippen molar-refractivity contribution < 1.29 is 0 Å². The second kappa shape index (κ2) is 7.65. The van der Waals surface area contributed by atoms with Crippen molar-refractivity contribution in [1.82, 2.24) is 34.5 Å². The molecular weight excluding hydrogens is 354 g/mol. The van der Waals surface area contributed by atoms with E-state index in [1.807, 2.05) is 6.92 Å². The van der Waals surface area contributed by atoms with Gasteiger partial charge in [0.2, 0.25) is 0 Å². The number of thiazole rings is 1. The maximum Gasteiger partial charge on any atom is 0.172 e. The summed E-state index contributed by atoms with van der Waals surface area (Å²) >= 11 is 3.44. The molecule has 0 unspecified atom stereocenters. The number of hydrogen-bond acceptors (Lipinski definition) is 7. The lowest BCUT2D eigenvalue weighted by molar-refractivity contribution is 0.322. The van der Waals surface area contributed by atoms with Crippen molar-refractivity contribution in [2.75, 3.05) is 0 Å². The third-order valence-electron chi connectivity index (χ3n) is 4.36. The van der Waals surface area contributed by atoms with Crippen molar-refractivity contribution in [2.24, 2.45) is 0 Å². The average Bonchev–Trinajstić information content (AvgIpc) is 3.36. The largest absolute Gasteiger partial charge is 0.246 e. The van der Waals surface area contributed by atoms with Gasteiger partial charge in [0.05, 0.1) is 11.8 Å². The highest BCUT2D eigenvalue weighted by Crippen LogP contribution is 2.31.